The molecule has 0 saturated heterocycles. The standard InChI is InChI=1S/C20H24N4O3/c1-3-24(4-2)20(27)14-9-11-15(12-10-14)23-18(25)13-22-17-8-6-5-7-16(17)19(21)26/h5-12,22H,3-4,13H2,1-2H3,(H2,21,26)(H,23,25). The monoisotopic (exact) mass is 368 g/mol. The Morgan fingerprint density at radius 3 is 2.19 bits per heavy atom. The molecule has 0 atom stereocenters. The van der Waals surface area contributed by atoms with Gasteiger partial charge in [-0.15, -0.1) is 0 Å². The van der Waals surface area contributed by atoms with E-state index in [1.807, 2.05) is 13.8 Å². The van der Waals surface area contributed by atoms with E-state index < -0.39 is 5.91 Å². The number of hydrogen-bond donors (Lipinski definition) is 3. The molecule has 2 aromatic rings. The maximum Gasteiger partial charge on any atom is 0.253 e. The van der Waals surface area contributed by atoms with E-state index in [2.05, 4.69) is 10.6 Å². The van der Waals surface area contributed by atoms with Crippen LogP contribution in [0, 0.1) is 0 Å². The van der Waals surface area contributed by atoms with E-state index in [-0.39, 0.29) is 18.4 Å². The van der Waals surface area contributed by atoms with Crippen LogP contribution in [0.2, 0.25) is 0 Å². The number of benzene rings is 2. The Morgan fingerprint density at radius 1 is 0.963 bits per heavy atom. The first-order valence-electron chi connectivity index (χ1n) is 8.78. The number of carbonyl (C=O) groups is 3. The second-order valence-corrected chi connectivity index (χ2v) is 5.87. The van der Waals surface area contributed by atoms with Gasteiger partial charge in [0, 0.05) is 30.0 Å². The van der Waals surface area contributed by atoms with Crippen LogP contribution in [0.4, 0.5) is 11.4 Å². The summed E-state index contributed by atoms with van der Waals surface area (Å²) in [5.41, 5.74) is 7.30. The molecule has 0 aliphatic heterocycles. The van der Waals surface area contributed by atoms with E-state index in [0.717, 1.165) is 0 Å². The molecule has 2 rings (SSSR count). The van der Waals surface area contributed by atoms with Gasteiger partial charge < -0.3 is 21.3 Å². The van der Waals surface area contributed by atoms with Crippen molar-refractivity contribution in [1.29, 1.82) is 0 Å². The third-order valence-electron chi connectivity index (χ3n) is 4.10. The second kappa shape index (κ2) is 9.38. The van der Waals surface area contributed by atoms with Crippen molar-refractivity contribution >= 4 is 29.1 Å². The fourth-order valence-electron chi connectivity index (χ4n) is 2.62. The predicted octanol–water partition coefficient (Wildman–Crippen LogP) is 2.32. The van der Waals surface area contributed by atoms with Crippen LogP contribution >= 0.6 is 0 Å². The summed E-state index contributed by atoms with van der Waals surface area (Å²) in [6, 6.07) is 13.5. The molecule has 0 unspecified atom stereocenters. The van der Waals surface area contributed by atoms with E-state index in [1.165, 1.54) is 0 Å². The molecule has 142 valence electrons. The highest BCUT2D eigenvalue weighted by molar-refractivity contribution is 6.00. The summed E-state index contributed by atoms with van der Waals surface area (Å²) in [6.07, 6.45) is 0. The van der Waals surface area contributed by atoms with Crippen LogP contribution in [0.1, 0.15) is 34.6 Å². The molecular weight excluding hydrogens is 344 g/mol. The zero-order valence-electron chi connectivity index (χ0n) is 15.5. The number of hydrogen-bond acceptors (Lipinski definition) is 4. The Morgan fingerprint density at radius 2 is 1.59 bits per heavy atom. The van der Waals surface area contributed by atoms with Gasteiger partial charge in [-0.25, -0.2) is 0 Å². The lowest BCUT2D eigenvalue weighted by Crippen LogP contribution is -2.30. The Hall–Kier alpha value is -3.35. The van der Waals surface area contributed by atoms with Crippen molar-refractivity contribution in [3.63, 3.8) is 0 Å². The highest BCUT2D eigenvalue weighted by atomic mass is 16.2. The van der Waals surface area contributed by atoms with Crippen molar-refractivity contribution < 1.29 is 14.4 Å². The van der Waals surface area contributed by atoms with Crippen LogP contribution in [-0.4, -0.2) is 42.3 Å². The Kier molecular flexibility index (Phi) is 6.93. The van der Waals surface area contributed by atoms with Gasteiger partial charge in [-0.05, 0) is 50.2 Å². The lowest BCUT2D eigenvalue weighted by Gasteiger charge is -2.18. The summed E-state index contributed by atoms with van der Waals surface area (Å²) in [5, 5.41) is 5.64. The second-order valence-electron chi connectivity index (χ2n) is 5.87. The van der Waals surface area contributed by atoms with E-state index in [0.29, 0.717) is 35.6 Å². The average Bonchev–Trinajstić information content (AvgIpc) is 2.68. The van der Waals surface area contributed by atoms with Crippen molar-refractivity contribution in [2.75, 3.05) is 30.3 Å². The summed E-state index contributed by atoms with van der Waals surface area (Å²) in [7, 11) is 0. The molecule has 7 heteroatoms. The molecule has 7 nitrogen and oxygen atoms in total. The number of primary amides is 1. The van der Waals surface area contributed by atoms with Gasteiger partial charge in [-0.1, -0.05) is 12.1 Å². The Labute approximate surface area is 158 Å². The maximum absolute atomic E-state index is 12.3. The summed E-state index contributed by atoms with van der Waals surface area (Å²) in [5.74, 6) is -0.883. The van der Waals surface area contributed by atoms with Gasteiger partial charge in [0.05, 0.1) is 12.1 Å². The average molecular weight is 368 g/mol. The molecule has 27 heavy (non-hydrogen) atoms. The van der Waals surface area contributed by atoms with Crippen LogP contribution < -0.4 is 16.4 Å². The number of carbonyl (C=O) groups excluding carboxylic acids is 3. The molecule has 0 aliphatic rings. The zero-order valence-corrected chi connectivity index (χ0v) is 15.5. The fourth-order valence-corrected chi connectivity index (χ4v) is 2.62. The Bertz CT molecular complexity index is 814. The van der Waals surface area contributed by atoms with Crippen LogP contribution in [0.15, 0.2) is 48.5 Å². The summed E-state index contributed by atoms with van der Waals surface area (Å²) >= 11 is 0. The van der Waals surface area contributed by atoms with Gasteiger partial charge in [-0.3, -0.25) is 14.4 Å². The predicted molar refractivity (Wildman–Crippen MR) is 106 cm³/mol. The summed E-state index contributed by atoms with van der Waals surface area (Å²) in [6.45, 7) is 5.13. The highest BCUT2D eigenvalue weighted by Gasteiger charge is 2.12. The van der Waals surface area contributed by atoms with Crippen LogP contribution in [0.25, 0.3) is 0 Å². The molecule has 4 N–H and O–H groups in total. The molecule has 0 aliphatic carbocycles. The first-order chi connectivity index (χ1) is 13.0. The quantitative estimate of drug-likeness (QED) is 0.665. The first kappa shape index (κ1) is 20.0. The molecule has 0 heterocycles. The number of nitrogens with two attached hydrogens (primary N) is 1. The van der Waals surface area contributed by atoms with Crippen molar-refractivity contribution in [3.8, 4) is 0 Å². The zero-order chi connectivity index (χ0) is 19.8. The number of anilines is 2. The van der Waals surface area contributed by atoms with Gasteiger partial charge in [0.25, 0.3) is 11.8 Å². The minimum Gasteiger partial charge on any atom is -0.376 e. The molecule has 0 spiro atoms. The third kappa shape index (κ3) is 5.31. The third-order valence-corrected chi connectivity index (χ3v) is 4.10. The molecule has 0 radical (unpaired) electrons. The smallest absolute Gasteiger partial charge is 0.253 e. The van der Waals surface area contributed by atoms with Gasteiger partial charge in [0.2, 0.25) is 5.91 Å². The topological polar surface area (TPSA) is 105 Å². The Balaban J connectivity index is 1.95. The van der Waals surface area contributed by atoms with Gasteiger partial charge in [0.1, 0.15) is 0 Å². The van der Waals surface area contributed by atoms with Crippen molar-refractivity contribution in [2.45, 2.75) is 13.8 Å². The van der Waals surface area contributed by atoms with Gasteiger partial charge in [0.15, 0.2) is 0 Å². The van der Waals surface area contributed by atoms with Crippen LogP contribution in [0.5, 0.6) is 0 Å². The minimum absolute atomic E-state index is 0.0234. The van der Waals surface area contributed by atoms with E-state index in [4.69, 9.17) is 5.73 Å². The molecule has 0 saturated carbocycles. The normalized spacial score (nSPS) is 10.1. The molecule has 0 aromatic heterocycles. The van der Waals surface area contributed by atoms with E-state index in [9.17, 15) is 14.4 Å². The summed E-state index contributed by atoms with van der Waals surface area (Å²) in [4.78, 5) is 37.5. The minimum atomic E-state index is -0.563. The summed E-state index contributed by atoms with van der Waals surface area (Å²) < 4.78 is 0. The molecule has 2 aromatic carbocycles. The number of para-hydroxylation sites is 1. The van der Waals surface area contributed by atoms with Crippen LogP contribution in [-0.2, 0) is 4.79 Å². The lowest BCUT2D eigenvalue weighted by molar-refractivity contribution is -0.114. The number of nitrogens with one attached hydrogen (secondary N) is 2. The van der Waals surface area contributed by atoms with Gasteiger partial charge >= 0.3 is 0 Å². The highest BCUT2D eigenvalue weighted by Crippen LogP contribution is 2.15. The van der Waals surface area contributed by atoms with E-state index in [1.54, 1.807) is 53.4 Å². The largest absolute Gasteiger partial charge is 0.376 e. The van der Waals surface area contributed by atoms with Crippen molar-refractivity contribution in [1.82, 2.24) is 4.90 Å². The molecule has 0 bridgehead atoms. The first-order valence-corrected chi connectivity index (χ1v) is 8.78. The van der Waals surface area contributed by atoms with Crippen LogP contribution in [0.3, 0.4) is 0 Å². The lowest BCUT2D eigenvalue weighted by atomic mass is 10.1. The van der Waals surface area contributed by atoms with Crippen molar-refractivity contribution in [3.05, 3.63) is 59.7 Å². The maximum atomic E-state index is 12.3. The van der Waals surface area contributed by atoms with E-state index >= 15 is 0 Å². The van der Waals surface area contributed by atoms with Gasteiger partial charge in [-0.2, -0.15) is 0 Å². The SMILES string of the molecule is CCN(CC)C(=O)c1ccc(NC(=O)CNc2ccccc2C(N)=O)cc1. The molecule has 0 fully saturated rings. The number of amides is 3. The molecule has 3 amide bonds. The fraction of sp³-hybridized carbons (Fsp3) is 0.250. The molecular formula is C20H24N4O3. The number of rotatable bonds is 8. The van der Waals surface area contributed by atoms with Crippen molar-refractivity contribution in [2.24, 2.45) is 5.73 Å². The number of nitrogens with zero attached hydrogens (tertiary/aromatic N) is 1.